The molecule has 0 heterocycles. The van der Waals surface area contributed by atoms with Crippen molar-refractivity contribution >= 4 is 18.6 Å². The molecule has 0 atom stereocenters. The maximum Gasteiger partial charge on any atom is 0.488 e. The van der Waals surface area contributed by atoms with Crippen molar-refractivity contribution in [2.45, 2.75) is 0 Å². The molecule has 0 spiro atoms. The Morgan fingerprint density at radius 2 is 2.00 bits per heavy atom. The predicted octanol–water partition coefficient (Wildman–Crippen LogP) is -1.14. The molecule has 0 saturated carbocycles. The van der Waals surface area contributed by atoms with Crippen LogP contribution in [0.25, 0.3) is 0 Å². The summed E-state index contributed by atoms with van der Waals surface area (Å²) in [6.45, 7) is 0. The number of hydrogen-bond acceptors (Lipinski definition) is 5. The molecule has 1 aromatic carbocycles. The van der Waals surface area contributed by atoms with Crippen LogP contribution in [-0.2, 0) is 4.74 Å². The van der Waals surface area contributed by atoms with Crippen LogP contribution in [0.5, 0.6) is 5.75 Å². The van der Waals surface area contributed by atoms with E-state index >= 15 is 0 Å². The number of esters is 1. The highest BCUT2D eigenvalue weighted by Crippen LogP contribution is 2.10. The molecule has 0 saturated heterocycles. The zero-order chi connectivity index (χ0) is 10.7. The largest absolute Gasteiger partial charge is 0.508 e. The molecule has 1 rings (SSSR count). The predicted molar refractivity (Wildman–Crippen MR) is 49.3 cm³/mol. The van der Waals surface area contributed by atoms with E-state index in [0.717, 1.165) is 6.07 Å². The van der Waals surface area contributed by atoms with Crippen molar-refractivity contribution in [1.29, 1.82) is 0 Å². The van der Waals surface area contributed by atoms with E-state index in [-0.39, 0.29) is 16.8 Å². The number of phenols is 1. The summed E-state index contributed by atoms with van der Waals surface area (Å²) < 4.78 is 4.41. The van der Waals surface area contributed by atoms with Crippen molar-refractivity contribution in [3.8, 4) is 5.75 Å². The van der Waals surface area contributed by atoms with Crippen LogP contribution in [0.15, 0.2) is 18.2 Å². The van der Waals surface area contributed by atoms with Gasteiger partial charge in [0.05, 0.1) is 12.7 Å². The van der Waals surface area contributed by atoms with Gasteiger partial charge in [-0.1, -0.05) is 0 Å². The van der Waals surface area contributed by atoms with Gasteiger partial charge in [-0.25, -0.2) is 4.79 Å². The molecular weight excluding hydrogens is 187 g/mol. The van der Waals surface area contributed by atoms with Crippen molar-refractivity contribution in [2.24, 2.45) is 0 Å². The Labute approximate surface area is 80.7 Å². The van der Waals surface area contributed by atoms with Crippen LogP contribution in [0, 0.1) is 0 Å². The van der Waals surface area contributed by atoms with E-state index in [0.29, 0.717) is 0 Å². The van der Waals surface area contributed by atoms with Gasteiger partial charge in [-0.2, -0.15) is 0 Å². The first-order chi connectivity index (χ1) is 6.54. The molecule has 0 aromatic heterocycles. The summed E-state index contributed by atoms with van der Waals surface area (Å²) in [6, 6.07) is 3.56. The number of rotatable bonds is 2. The second-order valence-electron chi connectivity index (χ2n) is 2.68. The van der Waals surface area contributed by atoms with Crippen molar-refractivity contribution in [2.75, 3.05) is 7.11 Å². The smallest absolute Gasteiger partial charge is 0.488 e. The molecule has 14 heavy (non-hydrogen) atoms. The summed E-state index contributed by atoms with van der Waals surface area (Å²) >= 11 is 0. The summed E-state index contributed by atoms with van der Waals surface area (Å²) in [5.41, 5.74) is 0.0981. The molecule has 0 fully saturated rings. The molecule has 5 nitrogen and oxygen atoms in total. The number of carbonyl (C=O) groups is 1. The quantitative estimate of drug-likeness (QED) is 0.411. The zero-order valence-electron chi connectivity index (χ0n) is 7.47. The maximum atomic E-state index is 11.0. The van der Waals surface area contributed by atoms with Gasteiger partial charge in [0.1, 0.15) is 5.75 Å². The van der Waals surface area contributed by atoms with E-state index in [1.807, 2.05) is 0 Å². The fraction of sp³-hybridized carbons (Fsp3) is 0.125. The van der Waals surface area contributed by atoms with Crippen molar-refractivity contribution in [1.82, 2.24) is 0 Å². The average Bonchev–Trinajstić information content (AvgIpc) is 2.15. The lowest BCUT2D eigenvalue weighted by atomic mass is 9.79. The molecule has 0 aliphatic rings. The lowest BCUT2D eigenvalue weighted by molar-refractivity contribution is 0.0600. The van der Waals surface area contributed by atoms with E-state index in [1.165, 1.54) is 19.2 Å². The number of carbonyl (C=O) groups excluding carboxylic acids is 1. The standard InChI is InChI=1S/C8H9BO5/c1-14-8(11)5-2-6(9(12)13)4-7(10)3-5/h2-4,10,12-13H,1H3. The number of benzene rings is 1. The van der Waals surface area contributed by atoms with E-state index in [4.69, 9.17) is 15.2 Å². The minimum absolute atomic E-state index is 0.0328. The fourth-order valence-corrected chi connectivity index (χ4v) is 1.02. The van der Waals surface area contributed by atoms with Crippen LogP contribution >= 0.6 is 0 Å². The van der Waals surface area contributed by atoms with Crippen molar-refractivity contribution in [3.05, 3.63) is 23.8 Å². The van der Waals surface area contributed by atoms with E-state index in [2.05, 4.69) is 4.74 Å². The number of aromatic hydroxyl groups is 1. The molecule has 0 aliphatic heterocycles. The molecule has 0 amide bonds. The normalized spacial score (nSPS) is 9.64. The number of phenolic OH excluding ortho intramolecular Hbond substituents is 1. The molecule has 0 bridgehead atoms. The first kappa shape index (κ1) is 10.6. The van der Waals surface area contributed by atoms with Gasteiger partial charge < -0.3 is 19.9 Å². The average molecular weight is 196 g/mol. The number of hydrogen-bond donors (Lipinski definition) is 3. The van der Waals surface area contributed by atoms with Gasteiger partial charge in [0.2, 0.25) is 0 Å². The Morgan fingerprint density at radius 3 is 2.50 bits per heavy atom. The van der Waals surface area contributed by atoms with Gasteiger partial charge in [0, 0.05) is 0 Å². The summed E-state index contributed by atoms with van der Waals surface area (Å²) in [6.07, 6.45) is 0. The van der Waals surface area contributed by atoms with Crippen LogP contribution in [-0.4, -0.2) is 35.4 Å². The Morgan fingerprint density at radius 1 is 1.36 bits per heavy atom. The monoisotopic (exact) mass is 196 g/mol. The van der Waals surface area contributed by atoms with E-state index in [1.54, 1.807) is 0 Å². The summed E-state index contributed by atoms with van der Waals surface area (Å²) in [5.74, 6) is -0.876. The molecular formula is C8H9BO5. The van der Waals surface area contributed by atoms with Crippen LogP contribution in [0.3, 0.4) is 0 Å². The Kier molecular flexibility index (Phi) is 3.11. The molecule has 0 unspecified atom stereocenters. The van der Waals surface area contributed by atoms with Crippen molar-refractivity contribution in [3.63, 3.8) is 0 Å². The first-order valence-electron chi connectivity index (χ1n) is 3.83. The van der Waals surface area contributed by atoms with Crippen LogP contribution in [0.4, 0.5) is 0 Å². The second kappa shape index (κ2) is 4.12. The molecule has 1 aromatic rings. The van der Waals surface area contributed by atoms with Crippen LogP contribution < -0.4 is 5.46 Å². The molecule has 0 aliphatic carbocycles. The topological polar surface area (TPSA) is 87.0 Å². The number of ether oxygens (including phenoxy) is 1. The Hall–Kier alpha value is -1.53. The Bertz CT molecular complexity index is 350. The summed E-state index contributed by atoms with van der Waals surface area (Å²) in [5, 5.41) is 26.8. The van der Waals surface area contributed by atoms with E-state index in [9.17, 15) is 4.79 Å². The minimum Gasteiger partial charge on any atom is -0.508 e. The van der Waals surface area contributed by atoms with Gasteiger partial charge in [-0.15, -0.1) is 0 Å². The maximum absolute atomic E-state index is 11.0. The lowest BCUT2D eigenvalue weighted by Crippen LogP contribution is -2.30. The summed E-state index contributed by atoms with van der Waals surface area (Å²) in [7, 11) is -0.535. The van der Waals surface area contributed by atoms with Gasteiger partial charge in [-0.05, 0) is 23.7 Å². The zero-order valence-corrected chi connectivity index (χ0v) is 7.47. The Balaban J connectivity index is 3.13. The SMILES string of the molecule is COC(=O)c1cc(O)cc(B(O)O)c1. The van der Waals surface area contributed by atoms with Crippen molar-refractivity contribution < 1.29 is 24.7 Å². The van der Waals surface area contributed by atoms with E-state index < -0.39 is 13.1 Å². The fourth-order valence-electron chi connectivity index (χ4n) is 1.02. The van der Waals surface area contributed by atoms with Gasteiger partial charge in [0.15, 0.2) is 0 Å². The first-order valence-corrected chi connectivity index (χ1v) is 3.83. The highest BCUT2D eigenvalue weighted by atomic mass is 16.5. The highest BCUT2D eigenvalue weighted by molar-refractivity contribution is 6.58. The van der Waals surface area contributed by atoms with Crippen LogP contribution in [0.1, 0.15) is 10.4 Å². The highest BCUT2D eigenvalue weighted by Gasteiger charge is 2.15. The lowest BCUT2D eigenvalue weighted by Gasteiger charge is -2.04. The third-order valence-electron chi connectivity index (χ3n) is 1.66. The molecule has 3 N–H and O–H groups in total. The minimum atomic E-state index is -1.73. The third-order valence-corrected chi connectivity index (χ3v) is 1.66. The van der Waals surface area contributed by atoms with Crippen LogP contribution in [0.2, 0.25) is 0 Å². The summed E-state index contributed by atoms with van der Waals surface area (Å²) in [4.78, 5) is 11.0. The molecule has 6 heteroatoms. The second-order valence-corrected chi connectivity index (χ2v) is 2.68. The molecule has 0 radical (unpaired) electrons. The van der Waals surface area contributed by atoms with Gasteiger partial charge in [-0.3, -0.25) is 0 Å². The molecule has 74 valence electrons. The van der Waals surface area contributed by atoms with Gasteiger partial charge >= 0.3 is 13.1 Å². The number of methoxy groups -OCH3 is 1. The van der Waals surface area contributed by atoms with Gasteiger partial charge in [0.25, 0.3) is 0 Å². The third kappa shape index (κ3) is 2.24.